The second kappa shape index (κ2) is 4.55. The lowest BCUT2D eigenvalue weighted by molar-refractivity contribution is 0.249. The zero-order valence-electron chi connectivity index (χ0n) is 12.5. The third-order valence-electron chi connectivity index (χ3n) is 5.10. The van der Waals surface area contributed by atoms with Crippen molar-refractivity contribution in [3.05, 3.63) is 16.4 Å². The number of imidazole rings is 1. The highest BCUT2D eigenvalue weighted by Gasteiger charge is 2.39. The highest BCUT2D eigenvalue weighted by Crippen LogP contribution is 2.47. The molecule has 0 radical (unpaired) electrons. The van der Waals surface area contributed by atoms with E-state index in [2.05, 4.69) is 18.4 Å². The van der Waals surface area contributed by atoms with Gasteiger partial charge < -0.3 is 0 Å². The van der Waals surface area contributed by atoms with Crippen molar-refractivity contribution < 1.29 is 0 Å². The quantitative estimate of drug-likeness (QED) is 0.835. The zero-order chi connectivity index (χ0) is 13.7. The summed E-state index contributed by atoms with van der Waals surface area (Å²) >= 11 is 1.79. The van der Waals surface area contributed by atoms with Crippen LogP contribution in [0.15, 0.2) is 0 Å². The SMILES string of the molecule is CC(C)Cc1nn2c3c(nc2s1)CCC1(CCCC1)C3. The smallest absolute Gasteiger partial charge is 0.212 e. The van der Waals surface area contributed by atoms with E-state index in [1.54, 1.807) is 11.3 Å². The summed E-state index contributed by atoms with van der Waals surface area (Å²) in [5.41, 5.74) is 3.35. The van der Waals surface area contributed by atoms with E-state index in [0.717, 1.165) is 11.4 Å². The summed E-state index contributed by atoms with van der Waals surface area (Å²) in [6, 6.07) is 0. The summed E-state index contributed by atoms with van der Waals surface area (Å²) in [6.45, 7) is 4.51. The third kappa shape index (κ3) is 2.00. The van der Waals surface area contributed by atoms with Gasteiger partial charge in [0.1, 0.15) is 5.01 Å². The van der Waals surface area contributed by atoms with Gasteiger partial charge in [-0.2, -0.15) is 5.10 Å². The van der Waals surface area contributed by atoms with Gasteiger partial charge in [0, 0.05) is 6.42 Å². The van der Waals surface area contributed by atoms with Gasteiger partial charge in [-0.05, 0) is 43.4 Å². The lowest BCUT2D eigenvalue weighted by Gasteiger charge is -2.32. The van der Waals surface area contributed by atoms with Gasteiger partial charge in [-0.3, -0.25) is 0 Å². The van der Waals surface area contributed by atoms with Crippen molar-refractivity contribution >= 4 is 16.3 Å². The Morgan fingerprint density at radius 1 is 1.25 bits per heavy atom. The van der Waals surface area contributed by atoms with Gasteiger partial charge in [0.2, 0.25) is 4.96 Å². The lowest BCUT2D eigenvalue weighted by atomic mass is 9.73. The molecule has 108 valence electrons. The van der Waals surface area contributed by atoms with Gasteiger partial charge in [0.05, 0.1) is 11.4 Å². The van der Waals surface area contributed by atoms with E-state index in [0.29, 0.717) is 11.3 Å². The predicted molar refractivity (Wildman–Crippen MR) is 82.3 cm³/mol. The maximum absolute atomic E-state index is 4.85. The molecule has 20 heavy (non-hydrogen) atoms. The molecule has 0 atom stereocenters. The van der Waals surface area contributed by atoms with Crippen LogP contribution in [0.3, 0.4) is 0 Å². The standard InChI is InChI=1S/C16H23N3S/c1-11(2)9-14-18-19-13-10-16(6-3-4-7-16)8-5-12(13)17-15(19)20-14/h11H,3-10H2,1-2H3. The van der Waals surface area contributed by atoms with Crippen LogP contribution in [0.4, 0.5) is 0 Å². The normalized spacial score (nSPS) is 21.1. The second-order valence-corrected chi connectivity index (χ2v) is 8.22. The summed E-state index contributed by atoms with van der Waals surface area (Å²) in [4.78, 5) is 5.98. The maximum Gasteiger partial charge on any atom is 0.212 e. The topological polar surface area (TPSA) is 30.2 Å². The molecule has 0 amide bonds. The molecule has 2 heterocycles. The summed E-state index contributed by atoms with van der Waals surface area (Å²) in [6.07, 6.45) is 10.5. The molecule has 2 aromatic heterocycles. The molecule has 0 aliphatic heterocycles. The Labute approximate surface area is 124 Å². The molecule has 1 fully saturated rings. The van der Waals surface area contributed by atoms with Crippen LogP contribution in [-0.2, 0) is 19.3 Å². The summed E-state index contributed by atoms with van der Waals surface area (Å²) in [5.74, 6) is 0.669. The van der Waals surface area contributed by atoms with Gasteiger partial charge in [0.15, 0.2) is 0 Å². The molecule has 1 spiro atoms. The average molecular weight is 289 g/mol. The Morgan fingerprint density at radius 3 is 2.80 bits per heavy atom. The molecular weight excluding hydrogens is 266 g/mol. The van der Waals surface area contributed by atoms with Gasteiger partial charge in [-0.15, -0.1) is 0 Å². The number of hydrogen-bond acceptors (Lipinski definition) is 3. The van der Waals surface area contributed by atoms with E-state index in [1.807, 2.05) is 0 Å². The van der Waals surface area contributed by atoms with Crippen LogP contribution in [0.5, 0.6) is 0 Å². The Morgan fingerprint density at radius 2 is 2.05 bits per heavy atom. The lowest BCUT2D eigenvalue weighted by Crippen LogP contribution is -2.26. The van der Waals surface area contributed by atoms with E-state index in [-0.39, 0.29) is 0 Å². The monoisotopic (exact) mass is 289 g/mol. The van der Waals surface area contributed by atoms with Crippen molar-refractivity contribution in [2.75, 3.05) is 0 Å². The van der Waals surface area contributed by atoms with E-state index < -0.39 is 0 Å². The average Bonchev–Trinajstić information content (AvgIpc) is 3.05. The number of aromatic nitrogens is 3. The van der Waals surface area contributed by atoms with Crippen LogP contribution >= 0.6 is 11.3 Å². The summed E-state index contributed by atoms with van der Waals surface area (Å²) in [7, 11) is 0. The van der Waals surface area contributed by atoms with Crippen molar-refractivity contribution in [2.45, 2.75) is 65.2 Å². The van der Waals surface area contributed by atoms with Crippen molar-refractivity contribution in [1.82, 2.24) is 14.6 Å². The van der Waals surface area contributed by atoms with Gasteiger partial charge in [-0.25, -0.2) is 9.50 Å². The van der Waals surface area contributed by atoms with Crippen molar-refractivity contribution in [2.24, 2.45) is 11.3 Å². The molecule has 0 N–H and O–H groups in total. The minimum Gasteiger partial charge on any atom is -0.222 e. The minimum atomic E-state index is 0.588. The van der Waals surface area contributed by atoms with Crippen LogP contribution in [-0.4, -0.2) is 14.6 Å². The molecule has 2 aliphatic carbocycles. The Hall–Kier alpha value is -0.900. The maximum atomic E-state index is 4.85. The molecule has 0 unspecified atom stereocenters. The number of hydrogen-bond donors (Lipinski definition) is 0. The van der Waals surface area contributed by atoms with E-state index in [9.17, 15) is 0 Å². The fraction of sp³-hybridized carbons (Fsp3) is 0.750. The number of rotatable bonds is 2. The molecule has 4 rings (SSSR count). The highest BCUT2D eigenvalue weighted by atomic mass is 32.1. The first-order chi connectivity index (χ1) is 9.65. The van der Waals surface area contributed by atoms with E-state index >= 15 is 0 Å². The van der Waals surface area contributed by atoms with E-state index in [1.165, 1.54) is 61.3 Å². The Kier molecular flexibility index (Phi) is 2.92. The molecule has 0 saturated heterocycles. The third-order valence-corrected chi connectivity index (χ3v) is 6.03. The first-order valence-corrected chi connectivity index (χ1v) is 8.83. The number of fused-ring (bicyclic) bond motifs is 3. The van der Waals surface area contributed by atoms with Crippen LogP contribution in [0, 0.1) is 11.3 Å². The van der Waals surface area contributed by atoms with Crippen LogP contribution < -0.4 is 0 Å². The van der Waals surface area contributed by atoms with Crippen molar-refractivity contribution in [3.8, 4) is 0 Å². The highest BCUT2D eigenvalue weighted by molar-refractivity contribution is 7.16. The van der Waals surface area contributed by atoms with E-state index in [4.69, 9.17) is 10.1 Å². The molecular formula is C16H23N3S. The molecule has 0 aromatic carbocycles. The van der Waals surface area contributed by atoms with Crippen LogP contribution in [0.2, 0.25) is 0 Å². The number of nitrogens with zero attached hydrogens (tertiary/aromatic N) is 3. The molecule has 4 heteroatoms. The predicted octanol–water partition coefficient (Wildman–Crippen LogP) is 4.04. The van der Waals surface area contributed by atoms with Crippen LogP contribution in [0.25, 0.3) is 4.96 Å². The first kappa shape index (κ1) is 12.8. The molecule has 1 saturated carbocycles. The molecule has 2 aromatic rings. The summed E-state index contributed by atoms with van der Waals surface area (Å²) < 4.78 is 2.18. The van der Waals surface area contributed by atoms with Crippen LogP contribution in [0.1, 0.15) is 62.3 Å². The summed E-state index contributed by atoms with van der Waals surface area (Å²) in [5, 5.41) is 6.10. The Balaban J connectivity index is 1.71. The zero-order valence-corrected chi connectivity index (χ0v) is 13.3. The molecule has 2 aliphatic rings. The number of aryl methyl sites for hydroxylation is 1. The second-order valence-electron chi connectivity index (χ2n) is 7.18. The molecule has 3 nitrogen and oxygen atoms in total. The minimum absolute atomic E-state index is 0.588. The fourth-order valence-electron chi connectivity index (χ4n) is 4.06. The Bertz CT molecular complexity index is 631. The van der Waals surface area contributed by atoms with Crippen molar-refractivity contribution in [3.63, 3.8) is 0 Å². The largest absolute Gasteiger partial charge is 0.222 e. The first-order valence-electron chi connectivity index (χ1n) is 8.01. The fourth-order valence-corrected chi connectivity index (χ4v) is 5.20. The van der Waals surface area contributed by atoms with Gasteiger partial charge >= 0.3 is 0 Å². The van der Waals surface area contributed by atoms with Gasteiger partial charge in [0.25, 0.3) is 0 Å². The molecule has 0 bridgehead atoms. The van der Waals surface area contributed by atoms with Gasteiger partial charge in [-0.1, -0.05) is 38.0 Å². The van der Waals surface area contributed by atoms with Crippen molar-refractivity contribution in [1.29, 1.82) is 0 Å².